The molecule has 0 unspecified atom stereocenters. The molecule has 7 heteroatoms. The summed E-state index contributed by atoms with van der Waals surface area (Å²) in [7, 11) is 0. The Morgan fingerprint density at radius 2 is 0.926 bits per heavy atom. The number of hydrogen-bond donors (Lipinski definition) is 2. The van der Waals surface area contributed by atoms with Crippen LogP contribution in [0, 0.1) is 63.5 Å². The van der Waals surface area contributed by atoms with Crippen LogP contribution in [0.25, 0.3) is 0 Å². The first-order valence-corrected chi connectivity index (χ1v) is 8.38. The Morgan fingerprint density at radius 1 is 0.667 bits per heavy atom. The van der Waals surface area contributed by atoms with E-state index < -0.39 is 23.4 Å². The molecule has 0 aromatic heterocycles. The van der Waals surface area contributed by atoms with Crippen molar-refractivity contribution >= 4 is 12.2 Å². The average molecular weight is 416 g/mol. The van der Waals surface area contributed by atoms with Gasteiger partial charge in [0, 0.05) is 0 Å². The van der Waals surface area contributed by atoms with Gasteiger partial charge in [0.1, 0.15) is 11.2 Å². The quantitative estimate of drug-likeness (QED) is 0.673. The summed E-state index contributed by atoms with van der Waals surface area (Å²) in [5, 5.41) is 5.23. The van der Waals surface area contributed by atoms with Crippen molar-refractivity contribution in [1.82, 2.24) is 10.6 Å². The van der Waals surface area contributed by atoms with Crippen LogP contribution in [-0.2, 0) is 26.5 Å². The maximum Gasteiger partial charge on any atom is 2.00 e. The van der Waals surface area contributed by atoms with Gasteiger partial charge < -0.3 is 20.1 Å². The van der Waals surface area contributed by atoms with Crippen LogP contribution >= 0.6 is 0 Å². The van der Waals surface area contributed by atoms with Crippen LogP contribution < -0.4 is 10.6 Å². The summed E-state index contributed by atoms with van der Waals surface area (Å²) in [6.07, 6.45) is 13.8. The standard InChI is InChI=1S/2C10H14NO2.Fe/c2*1-10(2,3)13-9(12)11-8-6-4-5-7-8;/h2*4-7H,1-3H3,(H,11,12);/q;;+2. The number of carbonyl (C=O) groups is 2. The summed E-state index contributed by atoms with van der Waals surface area (Å²) < 4.78 is 10.1. The number of hydrogen-bond acceptors (Lipinski definition) is 4. The molecule has 0 aliphatic heterocycles. The van der Waals surface area contributed by atoms with Gasteiger partial charge in [-0.1, -0.05) is 0 Å². The van der Waals surface area contributed by atoms with Gasteiger partial charge in [-0.25, -0.2) is 9.59 Å². The second kappa shape index (κ2) is 11.8. The number of ether oxygens (including phenoxy) is 2. The number of nitrogens with one attached hydrogen (secondary N) is 2. The fourth-order valence-electron chi connectivity index (χ4n) is 1.76. The van der Waals surface area contributed by atoms with Gasteiger partial charge in [0.25, 0.3) is 0 Å². The summed E-state index contributed by atoms with van der Waals surface area (Å²) in [5.41, 5.74) is -0.895. The Morgan fingerprint density at radius 3 is 1.15 bits per heavy atom. The van der Waals surface area contributed by atoms with E-state index in [9.17, 15) is 9.59 Å². The SMILES string of the molecule is CC(C)(C)OC(=O)N[C]1[CH][CH][CH][CH]1.CC(C)(C)OC(=O)N[C]1[CH][CH][CH][CH]1.[Fe+2]. The van der Waals surface area contributed by atoms with Gasteiger partial charge in [-0.3, -0.25) is 0 Å². The molecule has 27 heavy (non-hydrogen) atoms. The van der Waals surface area contributed by atoms with Crippen molar-refractivity contribution in [3.8, 4) is 0 Å². The Kier molecular flexibility index (Phi) is 11.4. The minimum absolute atomic E-state index is 0. The van der Waals surface area contributed by atoms with Gasteiger partial charge in [-0.05, 0) is 92.9 Å². The zero-order chi connectivity index (χ0) is 19.8. The van der Waals surface area contributed by atoms with Gasteiger partial charge in [-0.2, -0.15) is 0 Å². The predicted molar refractivity (Wildman–Crippen MR) is 99.6 cm³/mol. The smallest absolute Gasteiger partial charge is 0.444 e. The molecular weight excluding hydrogens is 388 g/mol. The summed E-state index contributed by atoms with van der Waals surface area (Å²) in [6, 6.07) is 1.52. The molecular formula is C20H28FeN2O4+2. The van der Waals surface area contributed by atoms with Crippen LogP contribution in [0.15, 0.2) is 0 Å². The van der Waals surface area contributed by atoms with E-state index in [0.29, 0.717) is 0 Å². The van der Waals surface area contributed by atoms with Crippen LogP contribution in [0.4, 0.5) is 9.59 Å². The molecule has 0 bridgehead atoms. The van der Waals surface area contributed by atoms with Crippen molar-refractivity contribution in [2.45, 2.75) is 52.7 Å². The maximum absolute atomic E-state index is 11.2. The van der Waals surface area contributed by atoms with E-state index in [1.165, 1.54) is 0 Å². The molecule has 6 nitrogen and oxygen atoms in total. The molecule has 0 saturated heterocycles. The molecule has 0 spiro atoms. The number of carbonyl (C=O) groups excluding carboxylic acids is 2. The van der Waals surface area contributed by atoms with E-state index in [1.54, 1.807) is 0 Å². The van der Waals surface area contributed by atoms with E-state index in [2.05, 4.69) is 10.6 Å². The minimum atomic E-state index is -0.448. The number of rotatable bonds is 2. The fourth-order valence-corrected chi connectivity index (χ4v) is 1.76. The van der Waals surface area contributed by atoms with Gasteiger partial charge >= 0.3 is 29.3 Å². The third-order valence-corrected chi connectivity index (χ3v) is 2.62. The monoisotopic (exact) mass is 416 g/mol. The van der Waals surface area contributed by atoms with E-state index >= 15 is 0 Å². The Bertz CT molecular complexity index is 404. The Balaban J connectivity index is 0.000000483. The molecule has 2 N–H and O–H groups in total. The van der Waals surface area contributed by atoms with Crippen molar-refractivity contribution in [3.63, 3.8) is 0 Å². The van der Waals surface area contributed by atoms with Crippen LogP contribution in [0.3, 0.4) is 0 Å². The number of amides is 2. The fraction of sp³-hybridized carbons (Fsp3) is 0.400. The molecule has 10 radical (unpaired) electrons. The van der Waals surface area contributed by atoms with Gasteiger partial charge in [0.05, 0.1) is 12.1 Å². The molecule has 0 heterocycles. The Hall–Kier alpha value is -0.941. The summed E-state index contributed by atoms with van der Waals surface area (Å²) in [4.78, 5) is 22.4. The molecule has 2 aliphatic rings. The minimum Gasteiger partial charge on any atom is -0.444 e. The predicted octanol–water partition coefficient (Wildman–Crippen LogP) is 3.75. The molecule has 0 atom stereocenters. The van der Waals surface area contributed by atoms with E-state index in [4.69, 9.17) is 9.47 Å². The van der Waals surface area contributed by atoms with Crippen LogP contribution in [-0.4, -0.2) is 23.4 Å². The number of alkyl carbamates (subject to hydrolysis) is 2. The Labute approximate surface area is 175 Å². The van der Waals surface area contributed by atoms with Crippen LogP contribution in [0.1, 0.15) is 41.5 Å². The topological polar surface area (TPSA) is 76.7 Å². The zero-order valence-electron chi connectivity index (χ0n) is 16.6. The normalized spacial score (nSPS) is 18.0. The average Bonchev–Trinajstić information content (AvgIpc) is 3.08. The maximum atomic E-state index is 11.2. The first-order valence-electron chi connectivity index (χ1n) is 8.38. The van der Waals surface area contributed by atoms with Crippen molar-refractivity contribution in [3.05, 3.63) is 63.5 Å². The van der Waals surface area contributed by atoms with Gasteiger partial charge in [0.2, 0.25) is 0 Å². The first kappa shape index (κ1) is 26.1. The molecule has 2 amide bonds. The largest absolute Gasteiger partial charge is 2.00 e. The van der Waals surface area contributed by atoms with Crippen molar-refractivity contribution in [2.24, 2.45) is 0 Å². The second-order valence-corrected chi connectivity index (χ2v) is 7.60. The first-order chi connectivity index (χ1) is 11.9. The summed E-state index contributed by atoms with van der Waals surface area (Å²) in [6.45, 7) is 11.0. The zero-order valence-corrected chi connectivity index (χ0v) is 17.7. The summed E-state index contributed by atoms with van der Waals surface area (Å²) in [5.74, 6) is 0. The summed E-state index contributed by atoms with van der Waals surface area (Å²) >= 11 is 0. The van der Waals surface area contributed by atoms with Crippen molar-refractivity contribution in [1.29, 1.82) is 0 Å². The molecule has 2 rings (SSSR count). The van der Waals surface area contributed by atoms with Gasteiger partial charge in [0.15, 0.2) is 0 Å². The van der Waals surface area contributed by atoms with E-state index in [0.717, 1.165) is 12.1 Å². The van der Waals surface area contributed by atoms with Crippen molar-refractivity contribution < 1.29 is 36.1 Å². The molecule has 2 fully saturated rings. The molecule has 0 aromatic carbocycles. The van der Waals surface area contributed by atoms with E-state index in [1.807, 2.05) is 92.9 Å². The van der Waals surface area contributed by atoms with Crippen molar-refractivity contribution in [2.75, 3.05) is 0 Å². The van der Waals surface area contributed by atoms with Gasteiger partial charge in [-0.15, -0.1) is 0 Å². The third-order valence-electron chi connectivity index (χ3n) is 2.62. The molecule has 2 aliphatic carbocycles. The molecule has 148 valence electrons. The van der Waals surface area contributed by atoms with Crippen LogP contribution in [0.2, 0.25) is 0 Å². The second-order valence-electron chi connectivity index (χ2n) is 7.60. The molecule has 0 aromatic rings. The van der Waals surface area contributed by atoms with Crippen LogP contribution in [0.5, 0.6) is 0 Å². The molecule has 2 saturated carbocycles. The van der Waals surface area contributed by atoms with E-state index in [-0.39, 0.29) is 17.1 Å². The third kappa shape index (κ3) is 13.8.